The van der Waals surface area contributed by atoms with Crippen LogP contribution in [0.25, 0.3) is 11.1 Å². The Labute approximate surface area is 134 Å². The standard InChI is InChI=1S/C18H14N4O/c19-10-16-15(14-6-2-1-3-7-14)9-17(22-18(16)20)23-12-13-5-4-8-21-11-13/h1-9,11H,12H2,(H2,20,22). The van der Waals surface area contributed by atoms with E-state index in [4.69, 9.17) is 10.5 Å². The highest BCUT2D eigenvalue weighted by molar-refractivity contribution is 5.76. The monoisotopic (exact) mass is 302 g/mol. The molecule has 112 valence electrons. The number of nitriles is 1. The van der Waals surface area contributed by atoms with Crippen molar-refractivity contribution in [3.8, 4) is 23.1 Å². The summed E-state index contributed by atoms with van der Waals surface area (Å²) in [5.74, 6) is 0.541. The summed E-state index contributed by atoms with van der Waals surface area (Å²) in [5, 5.41) is 9.34. The Morgan fingerprint density at radius 3 is 2.65 bits per heavy atom. The molecule has 1 aromatic carbocycles. The van der Waals surface area contributed by atoms with Gasteiger partial charge in [-0.25, -0.2) is 0 Å². The number of anilines is 1. The van der Waals surface area contributed by atoms with Gasteiger partial charge in [-0.3, -0.25) is 4.98 Å². The van der Waals surface area contributed by atoms with E-state index >= 15 is 0 Å². The second-order valence-corrected chi connectivity index (χ2v) is 4.90. The highest BCUT2D eigenvalue weighted by Crippen LogP contribution is 2.29. The molecule has 5 heteroatoms. The van der Waals surface area contributed by atoms with Gasteiger partial charge in [0.2, 0.25) is 5.88 Å². The fourth-order valence-corrected chi connectivity index (χ4v) is 2.22. The summed E-state index contributed by atoms with van der Waals surface area (Å²) in [5.41, 5.74) is 8.80. The molecule has 23 heavy (non-hydrogen) atoms. The van der Waals surface area contributed by atoms with E-state index in [9.17, 15) is 5.26 Å². The zero-order chi connectivity index (χ0) is 16.1. The number of nitrogens with two attached hydrogens (primary N) is 1. The molecule has 0 radical (unpaired) electrons. The summed E-state index contributed by atoms with van der Waals surface area (Å²) < 4.78 is 5.69. The predicted molar refractivity (Wildman–Crippen MR) is 87.4 cm³/mol. The largest absolute Gasteiger partial charge is 0.473 e. The molecule has 0 saturated carbocycles. The van der Waals surface area contributed by atoms with Crippen LogP contribution in [0.1, 0.15) is 11.1 Å². The number of hydrogen-bond acceptors (Lipinski definition) is 5. The molecule has 0 aliphatic carbocycles. The summed E-state index contributed by atoms with van der Waals surface area (Å²) in [6.45, 7) is 0.334. The zero-order valence-corrected chi connectivity index (χ0v) is 12.3. The van der Waals surface area contributed by atoms with Gasteiger partial charge in [0, 0.05) is 29.6 Å². The van der Waals surface area contributed by atoms with Gasteiger partial charge in [0.25, 0.3) is 0 Å². The van der Waals surface area contributed by atoms with Gasteiger partial charge in [-0.2, -0.15) is 10.2 Å². The number of pyridine rings is 2. The van der Waals surface area contributed by atoms with Crippen LogP contribution in [0.2, 0.25) is 0 Å². The molecule has 5 nitrogen and oxygen atoms in total. The van der Waals surface area contributed by atoms with E-state index in [0.29, 0.717) is 23.6 Å². The smallest absolute Gasteiger partial charge is 0.216 e. The van der Waals surface area contributed by atoms with Crippen molar-refractivity contribution in [1.82, 2.24) is 9.97 Å². The molecule has 2 N–H and O–H groups in total. The first-order chi connectivity index (χ1) is 11.3. The number of nitrogens with zero attached hydrogens (tertiary/aromatic N) is 3. The number of aromatic nitrogens is 2. The van der Waals surface area contributed by atoms with Crippen LogP contribution in [-0.4, -0.2) is 9.97 Å². The SMILES string of the molecule is N#Cc1c(-c2ccccc2)cc(OCc2cccnc2)nc1N. The molecule has 0 amide bonds. The van der Waals surface area contributed by atoms with E-state index in [1.165, 1.54) is 0 Å². The summed E-state index contributed by atoms with van der Waals surface area (Å²) in [6, 6.07) is 17.2. The van der Waals surface area contributed by atoms with Gasteiger partial charge < -0.3 is 10.5 Å². The van der Waals surface area contributed by atoms with Crippen molar-refractivity contribution in [3.63, 3.8) is 0 Å². The van der Waals surface area contributed by atoms with Crippen molar-refractivity contribution < 1.29 is 4.74 Å². The molecular weight excluding hydrogens is 288 g/mol. The van der Waals surface area contributed by atoms with Crippen LogP contribution < -0.4 is 10.5 Å². The number of ether oxygens (including phenoxy) is 1. The lowest BCUT2D eigenvalue weighted by molar-refractivity contribution is 0.294. The third-order valence-electron chi connectivity index (χ3n) is 3.33. The molecule has 0 bridgehead atoms. The predicted octanol–water partition coefficient (Wildman–Crippen LogP) is 3.18. The minimum atomic E-state index is 0.162. The maximum Gasteiger partial charge on any atom is 0.216 e. The van der Waals surface area contributed by atoms with E-state index < -0.39 is 0 Å². The van der Waals surface area contributed by atoms with E-state index in [-0.39, 0.29) is 5.82 Å². The summed E-state index contributed by atoms with van der Waals surface area (Å²) in [4.78, 5) is 8.20. The van der Waals surface area contributed by atoms with Crippen molar-refractivity contribution >= 4 is 5.82 Å². The van der Waals surface area contributed by atoms with Gasteiger partial charge in [-0.15, -0.1) is 0 Å². The first-order valence-electron chi connectivity index (χ1n) is 7.05. The highest BCUT2D eigenvalue weighted by Gasteiger charge is 2.13. The Balaban J connectivity index is 1.94. The Kier molecular flexibility index (Phi) is 4.16. The van der Waals surface area contributed by atoms with Gasteiger partial charge in [-0.05, 0) is 11.6 Å². The quantitative estimate of drug-likeness (QED) is 0.800. The van der Waals surface area contributed by atoms with Crippen molar-refractivity contribution in [2.24, 2.45) is 0 Å². The Hall–Kier alpha value is -3.39. The van der Waals surface area contributed by atoms with Crippen molar-refractivity contribution in [2.45, 2.75) is 6.61 Å². The van der Waals surface area contributed by atoms with Crippen LogP contribution in [0.15, 0.2) is 60.9 Å². The van der Waals surface area contributed by atoms with Crippen LogP contribution in [0.4, 0.5) is 5.82 Å². The van der Waals surface area contributed by atoms with Gasteiger partial charge >= 0.3 is 0 Å². The minimum Gasteiger partial charge on any atom is -0.473 e. The average Bonchev–Trinajstić information content (AvgIpc) is 2.61. The fourth-order valence-electron chi connectivity index (χ4n) is 2.22. The zero-order valence-electron chi connectivity index (χ0n) is 12.3. The third-order valence-corrected chi connectivity index (χ3v) is 3.33. The molecule has 0 fully saturated rings. The molecular formula is C18H14N4O. The summed E-state index contributed by atoms with van der Waals surface area (Å²) >= 11 is 0. The summed E-state index contributed by atoms with van der Waals surface area (Å²) in [6.07, 6.45) is 3.43. The van der Waals surface area contributed by atoms with Crippen molar-refractivity contribution in [3.05, 3.63) is 72.1 Å². The van der Waals surface area contributed by atoms with E-state index in [0.717, 1.165) is 11.1 Å². The van der Waals surface area contributed by atoms with E-state index in [2.05, 4.69) is 16.0 Å². The molecule has 0 aliphatic rings. The molecule has 2 aromatic heterocycles. The van der Waals surface area contributed by atoms with Crippen LogP contribution in [-0.2, 0) is 6.61 Å². The number of benzene rings is 1. The molecule has 0 saturated heterocycles. The van der Waals surface area contributed by atoms with Gasteiger partial charge in [0.05, 0.1) is 0 Å². The topological polar surface area (TPSA) is 84.8 Å². The van der Waals surface area contributed by atoms with Crippen LogP contribution >= 0.6 is 0 Å². The molecule has 0 atom stereocenters. The Morgan fingerprint density at radius 1 is 1.13 bits per heavy atom. The van der Waals surface area contributed by atoms with Crippen LogP contribution in [0.5, 0.6) is 5.88 Å². The lowest BCUT2D eigenvalue weighted by Crippen LogP contribution is -2.03. The lowest BCUT2D eigenvalue weighted by Gasteiger charge is -2.11. The number of rotatable bonds is 4. The third kappa shape index (κ3) is 3.27. The Morgan fingerprint density at radius 2 is 1.96 bits per heavy atom. The number of hydrogen-bond donors (Lipinski definition) is 1. The van der Waals surface area contributed by atoms with Gasteiger partial charge in [-0.1, -0.05) is 36.4 Å². The second kappa shape index (κ2) is 6.58. The number of nitrogen functional groups attached to an aromatic ring is 1. The lowest BCUT2D eigenvalue weighted by atomic mass is 10.0. The first kappa shape index (κ1) is 14.5. The van der Waals surface area contributed by atoms with Crippen LogP contribution in [0, 0.1) is 11.3 Å². The van der Waals surface area contributed by atoms with E-state index in [1.54, 1.807) is 18.5 Å². The molecule has 3 aromatic rings. The minimum absolute atomic E-state index is 0.162. The van der Waals surface area contributed by atoms with Gasteiger partial charge in [0.1, 0.15) is 24.1 Å². The van der Waals surface area contributed by atoms with Gasteiger partial charge in [0.15, 0.2) is 0 Å². The highest BCUT2D eigenvalue weighted by atomic mass is 16.5. The first-order valence-corrected chi connectivity index (χ1v) is 7.05. The van der Waals surface area contributed by atoms with Crippen molar-refractivity contribution in [2.75, 3.05) is 5.73 Å². The second-order valence-electron chi connectivity index (χ2n) is 4.90. The molecule has 0 spiro atoms. The Bertz CT molecular complexity index is 842. The average molecular weight is 302 g/mol. The normalized spacial score (nSPS) is 10.0. The maximum atomic E-state index is 9.34. The fraction of sp³-hybridized carbons (Fsp3) is 0.0556. The molecule has 0 unspecified atom stereocenters. The van der Waals surface area contributed by atoms with Crippen molar-refractivity contribution in [1.29, 1.82) is 5.26 Å². The maximum absolute atomic E-state index is 9.34. The molecule has 2 heterocycles. The van der Waals surface area contributed by atoms with E-state index in [1.807, 2.05) is 42.5 Å². The molecule has 0 aliphatic heterocycles. The summed E-state index contributed by atoms with van der Waals surface area (Å²) in [7, 11) is 0. The molecule has 3 rings (SSSR count). The van der Waals surface area contributed by atoms with Crippen LogP contribution in [0.3, 0.4) is 0 Å².